The molecule has 0 aromatic heterocycles. The quantitative estimate of drug-likeness (QED) is 0.819. The highest BCUT2D eigenvalue weighted by atomic mass is 79.9. The summed E-state index contributed by atoms with van der Waals surface area (Å²) in [6.45, 7) is 9.44. The molecule has 0 aromatic carbocycles. The van der Waals surface area contributed by atoms with Gasteiger partial charge in [0.2, 0.25) is 5.91 Å². The van der Waals surface area contributed by atoms with Gasteiger partial charge in [-0.05, 0) is 18.9 Å². The van der Waals surface area contributed by atoms with Crippen LogP contribution in [0.5, 0.6) is 0 Å². The lowest BCUT2D eigenvalue weighted by atomic mass is 9.91. The lowest BCUT2D eigenvalue weighted by Gasteiger charge is -2.22. The van der Waals surface area contributed by atoms with Crippen LogP contribution in [0.3, 0.4) is 0 Å². The van der Waals surface area contributed by atoms with Crippen molar-refractivity contribution in [2.24, 2.45) is 11.8 Å². The van der Waals surface area contributed by atoms with Gasteiger partial charge in [0.1, 0.15) is 0 Å². The number of nitrogens with one attached hydrogen (secondary N) is 2. The summed E-state index contributed by atoms with van der Waals surface area (Å²) >= 11 is 3.23. The summed E-state index contributed by atoms with van der Waals surface area (Å²) in [5.74, 6) is 0.742. The Bertz CT molecular complexity index is 253. The standard InChI is InChI=1S/C11H19BrN2O/c1-7(2)10-9(4-5-13-10)11(15)14-6-8(3)12/h7,9-10,13H,3-6H2,1-2H3,(H,14,15). The normalized spacial score (nSPS) is 25.6. The van der Waals surface area contributed by atoms with Gasteiger partial charge in [0.25, 0.3) is 0 Å². The maximum atomic E-state index is 11.9. The van der Waals surface area contributed by atoms with Crippen molar-refractivity contribution in [3.8, 4) is 0 Å². The van der Waals surface area contributed by atoms with Crippen molar-refractivity contribution in [2.75, 3.05) is 13.1 Å². The van der Waals surface area contributed by atoms with Crippen LogP contribution in [0.15, 0.2) is 11.1 Å². The highest BCUT2D eigenvalue weighted by molar-refractivity contribution is 9.11. The first-order valence-corrected chi connectivity index (χ1v) is 6.16. The molecule has 1 rings (SSSR count). The van der Waals surface area contributed by atoms with Gasteiger partial charge in [-0.2, -0.15) is 0 Å². The van der Waals surface area contributed by atoms with E-state index in [1.54, 1.807) is 0 Å². The minimum Gasteiger partial charge on any atom is -0.351 e. The van der Waals surface area contributed by atoms with Gasteiger partial charge in [0.05, 0.1) is 5.92 Å². The summed E-state index contributed by atoms with van der Waals surface area (Å²) in [7, 11) is 0. The molecule has 4 heteroatoms. The molecule has 1 aliphatic heterocycles. The number of amides is 1. The van der Waals surface area contributed by atoms with Gasteiger partial charge in [0.15, 0.2) is 0 Å². The van der Waals surface area contributed by atoms with Crippen LogP contribution in [-0.4, -0.2) is 25.0 Å². The van der Waals surface area contributed by atoms with E-state index in [-0.39, 0.29) is 11.8 Å². The first-order chi connectivity index (χ1) is 7.02. The van der Waals surface area contributed by atoms with Gasteiger partial charge in [-0.1, -0.05) is 36.4 Å². The second-order valence-electron chi connectivity index (χ2n) is 4.35. The molecular weight excluding hydrogens is 256 g/mol. The number of carbonyl (C=O) groups is 1. The maximum absolute atomic E-state index is 11.9. The smallest absolute Gasteiger partial charge is 0.225 e. The lowest BCUT2D eigenvalue weighted by Crippen LogP contribution is -2.41. The molecule has 1 aliphatic rings. The molecule has 1 fully saturated rings. The summed E-state index contributed by atoms with van der Waals surface area (Å²) in [5, 5.41) is 6.26. The molecule has 1 amide bonds. The Morgan fingerprint density at radius 2 is 2.33 bits per heavy atom. The SMILES string of the molecule is C=C(Br)CNC(=O)C1CCNC1C(C)C. The fourth-order valence-corrected chi connectivity index (χ4v) is 2.18. The van der Waals surface area contributed by atoms with E-state index < -0.39 is 0 Å². The Balaban J connectivity index is 2.47. The van der Waals surface area contributed by atoms with Crippen LogP contribution in [0.1, 0.15) is 20.3 Å². The van der Waals surface area contributed by atoms with E-state index in [9.17, 15) is 4.79 Å². The maximum Gasteiger partial charge on any atom is 0.225 e. The van der Waals surface area contributed by atoms with E-state index in [1.165, 1.54) is 0 Å². The summed E-state index contributed by atoms with van der Waals surface area (Å²) < 4.78 is 0.808. The molecule has 3 nitrogen and oxygen atoms in total. The number of hydrogen-bond acceptors (Lipinski definition) is 2. The first kappa shape index (κ1) is 12.7. The van der Waals surface area contributed by atoms with Gasteiger partial charge < -0.3 is 10.6 Å². The van der Waals surface area contributed by atoms with E-state index >= 15 is 0 Å². The third-order valence-corrected chi connectivity index (χ3v) is 3.06. The Morgan fingerprint density at radius 1 is 1.67 bits per heavy atom. The molecule has 0 saturated carbocycles. The van der Waals surface area contributed by atoms with Crippen LogP contribution in [0.25, 0.3) is 0 Å². The number of hydrogen-bond donors (Lipinski definition) is 2. The Kier molecular flexibility index (Phi) is 4.80. The van der Waals surface area contributed by atoms with Gasteiger partial charge >= 0.3 is 0 Å². The first-order valence-electron chi connectivity index (χ1n) is 5.36. The Morgan fingerprint density at radius 3 is 2.87 bits per heavy atom. The zero-order valence-corrected chi connectivity index (χ0v) is 10.9. The fourth-order valence-electron chi connectivity index (χ4n) is 2.04. The second kappa shape index (κ2) is 5.66. The highest BCUT2D eigenvalue weighted by Gasteiger charge is 2.34. The predicted octanol–water partition coefficient (Wildman–Crippen LogP) is 1.65. The molecule has 2 atom stereocenters. The van der Waals surface area contributed by atoms with Crippen LogP contribution in [-0.2, 0) is 4.79 Å². The van der Waals surface area contributed by atoms with Crippen molar-refractivity contribution in [3.05, 3.63) is 11.1 Å². The van der Waals surface area contributed by atoms with Crippen molar-refractivity contribution in [1.29, 1.82) is 0 Å². The third kappa shape index (κ3) is 3.61. The molecule has 0 aromatic rings. The highest BCUT2D eigenvalue weighted by Crippen LogP contribution is 2.21. The van der Waals surface area contributed by atoms with Crippen molar-refractivity contribution in [1.82, 2.24) is 10.6 Å². The van der Waals surface area contributed by atoms with Crippen molar-refractivity contribution < 1.29 is 4.79 Å². The van der Waals surface area contributed by atoms with E-state index in [1.807, 2.05) is 0 Å². The topological polar surface area (TPSA) is 41.1 Å². The molecule has 1 heterocycles. The molecule has 0 aliphatic carbocycles. The molecule has 15 heavy (non-hydrogen) atoms. The monoisotopic (exact) mass is 274 g/mol. The largest absolute Gasteiger partial charge is 0.351 e. The van der Waals surface area contributed by atoms with Gasteiger partial charge in [-0.15, -0.1) is 0 Å². The molecule has 0 spiro atoms. The van der Waals surface area contributed by atoms with E-state index in [0.717, 1.165) is 17.4 Å². The number of carbonyl (C=O) groups excluding carboxylic acids is 1. The molecule has 86 valence electrons. The minimum absolute atomic E-state index is 0.108. The van der Waals surface area contributed by atoms with Crippen LogP contribution in [0.4, 0.5) is 0 Å². The molecular formula is C11H19BrN2O. The van der Waals surface area contributed by atoms with E-state index in [0.29, 0.717) is 18.5 Å². The van der Waals surface area contributed by atoms with Crippen molar-refractivity contribution in [2.45, 2.75) is 26.3 Å². The van der Waals surface area contributed by atoms with Crippen molar-refractivity contribution in [3.63, 3.8) is 0 Å². The molecule has 2 N–H and O–H groups in total. The Hall–Kier alpha value is -0.350. The number of rotatable bonds is 4. The minimum atomic E-state index is 0.108. The van der Waals surface area contributed by atoms with E-state index in [2.05, 4.69) is 47.0 Å². The van der Waals surface area contributed by atoms with E-state index in [4.69, 9.17) is 0 Å². The molecule has 0 bridgehead atoms. The van der Waals surface area contributed by atoms with Crippen molar-refractivity contribution >= 4 is 21.8 Å². The van der Waals surface area contributed by atoms with Crippen LogP contribution in [0, 0.1) is 11.8 Å². The fraction of sp³-hybridized carbons (Fsp3) is 0.727. The zero-order valence-electron chi connectivity index (χ0n) is 9.35. The molecule has 2 unspecified atom stereocenters. The summed E-state index contributed by atoms with van der Waals surface area (Å²) in [6.07, 6.45) is 0.934. The predicted molar refractivity (Wildman–Crippen MR) is 65.8 cm³/mol. The summed E-state index contributed by atoms with van der Waals surface area (Å²) in [5.41, 5.74) is 0. The summed E-state index contributed by atoms with van der Waals surface area (Å²) in [6, 6.07) is 0.314. The Labute approximate surface area is 99.8 Å². The molecule has 0 radical (unpaired) electrons. The van der Waals surface area contributed by atoms with Crippen LogP contribution >= 0.6 is 15.9 Å². The zero-order chi connectivity index (χ0) is 11.4. The summed E-state index contributed by atoms with van der Waals surface area (Å²) in [4.78, 5) is 11.9. The average molecular weight is 275 g/mol. The van der Waals surface area contributed by atoms with Crippen LogP contribution < -0.4 is 10.6 Å². The number of halogens is 1. The van der Waals surface area contributed by atoms with Crippen LogP contribution in [0.2, 0.25) is 0 Å². The van der Waals surface area contributed by atoms with Gasteiger partial charge in [-0.25, -0.2) is 0 Å². The lowest BCUT2D eigenvalue weighted by molar-refractivity contribution is -0.125. The second-order valence-corrected chi connectivity index (χ2v) is 5.48. The molecule has 1 saturated heterocycles. The van der Waals surface area contributed by atoms with Gasteiger partial charge in [0, 0.05) is 17.1 Å². The average Bonchev–Trinajstić information content (AvgIpc) is 2.62. The third-order valence-electron chi connectivity index (χ3n) is 2.78. The van der Waals surface area contributed by atoms with Gasteiger partial charge in [-0.3, -0.25) is 4.79 Å².